The molecule has 7 aromatic rings. The van der Waals surface area contributed by atoms with Crippen molar-refractivity contribution in [3.63, 3.8) is 0 Å². The Morgan fingerprint density at radius 3 is 2.26 bits per heavy atom. The van der Waals surface area contributed by atoms with Gasteiger partial charge in [0.2, 0.25) is 0 Å². The van der Waals surface area contributed by atoms with Crippen molar-refractivity contribution in [3.8, 4) is 11.1 Å². The van der Waals surface area contributed by atoms with Gasteiger partial charge in [0, 0.05) is 33.1 Å². The third-order valence-corrected chi connectivity index (χ3v) is 17.2. The smallest absolute Gasteiger partial charge is 0.159 e. The molecule has 2 nitrogen and oxygen atoms in total. The van der Waals surface area contributed by atoms with Crippen molar-refractivity contribution in [2.24, 2.45) is 35.0 Å². The van der Waals surface area contributed by atoms with Crippen LogP contribution in [0.2, 0.25) is 0 Å². The lowest BCUT2D eigenvalue weighted by Crippen LogP contribution is -2.88. The predicted octanol–water partition coefficient (Wildman–Crippen LogP) is 14.9. The first-order valence-electron chi connectivity index (χ1n) is 22.5. The lowest BCUT2D eigenvalue weighted by molar-refractivity contribution is -0.412. The minimum atomic E-state index is 0.144. The number of benzene rings is 6. The summed E-state index contributed by atoms with van der Waals surface area (Å²) in [5, 5.41) is 5.16. The molecule has 5 fully saturated rings. The van der Waals surface area contributed by atoms with Gasteiger partial charge < -0.3 is 9.32 Å². The summed E-state index contributed by atoms with van der Waals surface area (Å²) >= 11 is 0. The number of para-hydroxylation sites is 2. The summed E-state index contributed by atoms with van der Waals surface area (Å²) < 4.78 is 6.93. The zero-order chi connectivity index (χ0) is 37.9. The Labute approximate surface area is 341 Å². The average Bonchev–Trinajstić information content (AvgIpc) is 3.77. The molecule has 5 saturated carbocycles. The second-order valence-corrected chi connectivity index (χ2v) is 19.4. The van der Waals surface area contributed by atoms with Gasteiger partial charge in [0.05, 0.1) is 5.69 Å². The molecule has 0 saturated heterocycles. The van der Waals surface area contributed by atoms with Crippen LogP contribution in [0, 0.1) is 35.0 Å². The Morgan fingerprint density at radius 2 is 1.40 bits per heavy atom. The van der Waals surface area contributed by atoms with E-state index in [9.17, 15) is 0 Å². The zero-order valence-corrected chi connectivity index (χ0v) is 33.4. The largest absolute Gasteiger partial charge is 0.454 e. The molecule has 0 aliphatic heterocycles. The van der Waals surface area contributed by atoms with Crippen molar-refractivity contribution in [3.05, 3.63) is 161 Å². The minimum Gasteiger partial charge on any atom is -0.454 e. The second-order valence-electron chi connectivity index (χ2n) is 19.4. The van der Waals surface area contributed by atoms with Gasteiger partial charge in [0.1, 0.15) is 5.58 Å². The normalized spacial score (nSPS) is 30.0. The molecule has 6 aromatic carbocycles. The predicted molar refractivity (Wildman–Crippen MR) is 238 cm³/mol. The summed E-state index contributed by atoms with van der Waals surface area (Å²) in [6.07, 6.45) is 17.1. The highest BCUT2D eigenvalue weighted by molar-refractivity contribution is 6.11. The molecule has 14 rings (SSSR count). The third kappa shape index (κ3) is 3.83. The van der Waals surface area contributed by atoms with Gasteiger partial charge in [-0.3, -0.25) is 0 Å². The molecule has 0 radical (unpaired) electrons. The fourth-order valence-corrected chi connectivity index (χ4v) is 15.0. The van der Waals surface area contributed by atoms with E-state index in [2.05, 4.69) is 145 Å². The van der Waals surface area contributed by atoms with E-state index in [1.54, 1.807) is 16.7 Å². The van der Waals surface area contributed by atoms with Crippen LogP contribution in [0.5, 0.6) is 0 Å². The Kier molecular flexibility index (Phi) is 6.43. The second kappa shape index (κ2) is 11.4. The van der Waals surface area contributed by atoms with Crippen molar-refractivity contribution in [2.45, 2.75) is 76.0 Å². The molecule has 1 heterocycles. The monoisotopic (exact) mass is 751 g/mol. The van der Waals surface area contributed by atoms with E-state index in [0.29, 0.717) is 17.3 Å². The fraction of sp³-hybridized carbons (Fsp3) is 0.321. The highest BCUT2D eigenvalue weighted by atomic mass is 16.3. The van der Waals surface area contributed by atoms with Gasteiger partial charge in [-0.05, 0) is 148 Å². The summed E-state index contributed by atoms with van der Waals surface area (Å²) in [4.78, 5) is 2.62. The van der Waals surface area contributed by atoms with Gasteiger partial charge in [-0.15, -0.1) is 0 Å². The van der Waals surface area contributed by atoms with Gasteiger partial charge in [-0.2, -0.15) is 0 Å². The number of hydrogen-bond donors (Lipinski definition) is 0. The molecular weight excluding hydrogens is 703 g/mol. The summed E-state index contributed by atoms with van der Waals surface area (Å²) in [5.41, 5.74) is 16.8. The molecule has 7 aliphatic carbocycles. The maximum atomic E-state index is 6.93. The molecule has 7 aliphatic rings. The summed E-state index contributed by atoms with van der Waals surface area (Å²) in [7, 11) is 0. The Hall–Kier alpha value is -5.34. The maximum Gasteiger partial charge on any atom is 0.159 e. The van der Waals surface area contributed by atoms with Crippen molar-refractivity contribution in [1.82, 2.24) is 0 Å². The summed E-state index contributed by atoms with van der Waals surface area (Å²) in [5.74, 6) is 4.58. The molecular formula is C56H49NO. The first-order valence-corrected chi connectivity index (χ1v) is 22.5. The summed E-state index contributed by atoms with van der Waals surface area (Å²) in [6, 6.07) is 46.7. The number of rotatable bonds is 5. The van der Waals surface area contributed by atoms with E-state index in [1.165, 1.54) is 107 Å². The van der Waals surface area contributed by atoms with Crippen LogP contribution in [0.3, 0.4) is 0 Å². The van der Waals surface area contributed by atoms with Gasteiger partial charge in [-0.1, -0.05) is 135 Å². The molecule has 0 bridgehead atoms. The standard InChI is InChI=1S/C56H49NO/c1-33-24-27-48(45(28-33)43-19-10-15-35-14-9-18-39(53(35)43)34-12-3-2-4-13-34)57(49-22-11-20-44-42-17-6-8-23-50(42)58-54(44)49)38-25-26-41-40-16-5-7-21-46(40)56(47(41)32-38)51-30-36-29-37-31-52(56)55(36,37)51/h5-11,14-23,25-28,32-34,36-37,51-52H,2-4,12-13,24,29-31H2,1H3. The Morgan fingerprint density at radius 1 is 0.655 bits per heavy atom. The van der Waals surface area contributed by atoms with Crippen LogP contribution >= 0.6 is 0 Å². The fourth-order valence-electron chi connectivity index (χ4n) is 15.0. The SMILES string of the molecule is CC1C=C(c2cccc3cccc(C4CCCCC4)c23)C(N(c2ccc3c(c2)C2(c4ccccc4-3)C3CC4CC5CC2C453)c2cccc3c2oc2ccccc23)=CC1. The van der Waals surface area contributed by atoms with Crippen LogP contribution in [-0.4, -0.2) is 0 Å². The van der Waals surface area contributed by atoms with Crippen molar-refractivity contribution >= 4 is 49.7 Å². The van der Waals surface area contributed by atoms with Crippen molar-refractivity contribution in [2.75, 3.05) is 4.90 Å². The quantitative estimate of drug-likeness (QED) is 0.174. The van der Waals surface area contributed by atoms with E-state index in [-0.39, 0.29) is 5.41 Å². The van der Waals surface area contributed by atoms with Crippen LogP contribution < -0.4 is 4.90 Å². The first-order chi connectivity index (χ1) is 28.7. The summed E-state index contributed by atoms with van der Waals surface area (Å²) in [6.45, 7) is 2.39. The number of fused-ring (bicyclic) bond motifs is 11. The third-order valence-electron chi connectivity index (χ3n) is 17.2. The van der Waals surface area contributed by atoms with E-state index in [4.69, 9.17) is 4.42 Å². The van der Waals surface area contributed by atoms with Gasteiger partial charge >= 0.3 is 0 Å². The maximum absolute atomic E-state index is 6.93. The molecule has 5 atom stereocenters. The molecule has 1 aromatic heterocycles. The van der Waals surface area contributed by atoms with Crippen LogP contribution in [0.1, 0.15) is 92.9 Å². The van der Waals surface area contributed by atoms with E-state index >= 15 is 0 Å². The number of hydrogen-bond acceptors (Lipinski definition) is 2. The van der Waals surface area contributed by atoms with Gasteiger partial charge in [0.25, 0.3) is 0 Å². The molecule has 5 unspecified atom stereocenters. The number of nitrogens with zero attached hydrogens (tertiary/aromatic N) is 1. The number of furan rings is 1. The van der Waals surface area contributed by atoms with Crippen LogP contribution in [0.4, 0.5) is 11.4 Å². The number of anilines is 2. The average molecular weight is 752 g/mol. The van der Waals surface area contributed by atoms with E-state index in [0.717, 1.165) is 46.9 Å². The topological polar surface area (TPSA) is 16.4 Å². The zero-order valence-electron chi connectivity index (χ0n) is 33.4. The van der Waals surface area contributed by atoms with E-state index < -0.39 is 0 Å². The van der Waals surface area contributed by atoms with Gasteiger partial charge in [-0.25, -0.2) is 0 Å². The molecule has 0 amide bonds. The molecule has 58 heavy (non-hydrogen) atoms. The Bertz CT molecular complexity index is 2940. The highest BCUT2D eigenvalue weighted by Gasteiger charge is 2.90. The van der Waals surface area contributed by atoms with Crippen LogP contribution in [0.15, 0.2) is 144 Å². The van der Waals surface area contributed by atoms with Crippen molar-refractivity contribution in [1.29, 1.82) is 0 Å². The highest BCUT2D eigenvalue weighted by Crippen LogP contribution is 2.94. The van der Waals surface area contributed by atoms with E-state index in [1.807, 2.05) is 0 Å². The Balaban J connectivity index is 1.01. The van der Waals surface area contributed by atoms with Crippen molar-refractivity contribution < 1.29 is 4.42 Å². The lowest BCUT2D eigenvalue weighted by Gasteiger charge is -2.92. The van der Waals surface area contributed by atoms with Crippen LogP contribution in [0.25, 0.3) is 49.4 Å². The number of allylic oxidation sites excluding steroid dienone is 3. The minimum absolute atomic E-state index is 0.144. The molecule has 2 spiro atoms. The molecule has 0 N–H and O–H groups in total. The molecule has 284 valence electrons. The van der Waals surface area contributed by atoms with Crippen LogP contribution in [-0.2, 0) is 5.41 Å². The molecule has 2 heteroatoms. The van der Waals surface area contributed by atoms with Gasteiger partial charge in [0.15, 0.2) is 5.58 Å². The first kappa shape index (κ1) is 32.6. The lowest BCUT2D eigenvalue weighted by atomic mass is 9.11.